The number of amides is 1. The van der Waals surface area contributed by atoms with Crippen molar-refractivity contribution in [2.24, 2.45) is 11.8 Å². The second-order valence-electron chi connectivity index (χ2n) is 7.27. The molecule has 2 rings (SSSR count). The van der Waals surface area contributed by atoms with E-state index < -0.39 is 10.5 Å². The molecular weight excluding hydrogens is 306 g/mol. The van der Waals surface area contributed by atoms with Crippen LogP contribution in [-0.2, 0) is 10.3 Å². The highest BCUT2D eigenvalue weighted by atomic mass is 16.6. The van der Waals surface area contributed by atoms with E-state index in [1.165, 1.54) is 25.0 Å². The van der Waals surface area contributed by atoms with Gasteiger partial charge in [0.15, 0.2) is 0 Å². The molecule has 1 amide bonds. The van der Waals surface area contributed by atoms with Crippen LogP contribution in [0.2, 0.25) is 0 Å². The SMILES string of the molecule is CC(CC(=O)NC(C)(C)c1ccc([N+](=O)[O-])cc1)C1CCCNC1. The van der Waals surface area contributed by atoms with Crippen LogP contribution in [-0.4, -0.2) is 23.9 Å². The highest BCUT2D eigenvalue weighted by molar-refractivity contribution is 5.77. The molecule has 1 aromatic rings. The maximum absolute atomic E-state index is 12.4. The van der Waals surface area contributed by atoms with Crippen molar-refractivity contribution in [2.75, 3.05) is 13.1 Å². The van der Waals surface area contributed by atoms with Gasteiger partial charge in [-0.1, -0.05) is 6.92 Å². The van der Waals surface area contributed by atoms with Crippen molar-refractivity contribution < 1.29 is 9.72 Å². The Hall–Kier alpha value is -1.95. The lowest BCUT2D eigenvalue weighted by Crippen LogP contribution is -2.42. The van der Waals surface area contributed by atoms with Crippen LogP contribution in [0, 0.1) is 22.0 Å². The van der Waals surface area contributed by atoms with Gasteiger partial charge < -0.3 is 10.6 Å². The molecule has 0 saturated carbocycles. The van der Waals surface area contributed by atoms with Gasteiger partial charge in [-0.2, -0.15) is 0 Å². The zero-order chi connectivity index (χ0) is 17.7. The van der Waals surface area contributed by atoms with Crippen molar-refractivity contribution in [1.29, 1.82) is 0 Å². The van der Waals surface area contributed by atoms with Crippen LogP contribution in [0.3, 0.4) is 0 Å². The zero-order valence-electron chi connectivity index (χ0n) is 14.7. The maximum atomic E-state index is 12.4. The molecule has 0 spiro atoms. The van der Waals surface area contributed by atoms with Crippen LogP contribution in [0.1, 0.15) is 45.6 Å². The Balaban J connectivity index is 1.94. The third-order valence-corrected chi connectivity index (χ3v) is 4.90. The summed E-state index contributed by atoms with van der Waals surface area (Å²) in [7, 11) is 0. The normalized spacial score (nSPS) is 19.5. The molecule has 1 heterocycles. The molecule has 2 unspecified atom stereocenters. The molecule has 6 heteroatoms. The smallest absolute Gasteiger partial charge is 0.269 e. The van der Waals surface area contributed by atoms with Crippen molar-refractivity contribution in [1.82, 2.24) is 10.6 Å². The molecule has 2 N–H and O–H groups in total. The number of non-ortho nitro benzene ring substituents is 1. The predicted molar refractivity (Wildman–Crippen MR) is 93.6 cm³/mol. The fourth-order valence-corrected chi connectivity index (χ4v) is 3.30. The monoisotopic (exact) mass is 333 g/mol. The molecule has 0 aromatic heterocycles. The molecular formula is C18H27N3O3. The number of hydrogen-bond acceptors (Lipinski definition) is 4. The Bertz CT molecular complexity index is 578. The first-order valence-electron chi connectivity index (χ1n) is 8.56. The number of nitrogens with zero attached hydrogens (tertiary/aromatic N) is 1. The number of nitrogens with one attached hydrogen (secondary N) is 2. The molecule has 0 radical (unpaired) electrons. The lowest BCUT2D eigenvalue weighted by atomic mass is 9.85. The zero-order valence-corrected chi connectivity index (χ0v) is 14.7. The number of carbonyl (C=O) groups is 1. The van der Waals surface area contributed by atoms with Crippen LogP contribution in [0.5, 0.6) is 0 Å². The highest BCUT2D eigenvalue weighted by Gasteiger charge is 2.27. The molecule has 1 saturated heterocycles. The van der Waals surface area contributed by atoms with Gasteiger partial charge in [-0.05, 0) is 69.3 Å². The minimum atomic E-state index is -0.559. The summed E-state index contributed by atoms with van der Waals surface area (Å²) in [6, 6.07) is 6.35. The summed E-state index contributed by atoms with van der Waals surface area (Å²) >= 11 is 0. The van der Waals surface area contributed by atoms with Gasteiger partial charge in [0.1, 0.15) is 0 Å². The van der Waals surface area contributed by atoms with Crippen LogP contribution in [0.25, 0.3) is 0 Å². The fraction of sp³-hybridized carbons (Fsp3) is 0.611. The Morgan fingerprint density at radius 2 is 2.08 bits per heavy atom. The summed E-state index contributed by atoms with van der Waals surface area (Å²) in [6.45, 7) is 8.02. The third kappa shape index (κ3) is 4.77. The van der Waals surface area contributed by atoms with Crippen molar-refractivity contribution in [3.63, 3.8) is 0 Å². The van der Waals surface area contributed by atoms with Crippen molar-refractivity contribution in [3.05, 3.63) is 39.9 Å². The predicted octanol–water partition coefficient (Wildman–Crippen LogP) is 2.97. The summed E-state index contributed by atoms with van der Waals surface area (Å²) in [6.07, 6.45) is 2.85. The van der Waals surface area contributed by atoms with E-state index in [2.05, 4.69) is 17.6 Å². The average Bonchev–Trinajstić information content (AvgIpc) is 2.55. The van der Waals surface area contributed by atoms with Crippen LogP contribution < -0.4 is 10.6 Å². The Kier molecular flexibility index (Phi) is 5.94. The summed E-state index contributed by atoms with van der Waals surface area (Å²) in [5, 5.41) is 17.2. The number of hydrogen-bond donors (Lipinski definition) is 2. The lowest BCUT2D eigenvalue weighted by molar-refractivity contribution is -0.384. The van der Waals surface area contributed by atoms with Crippen molar-refractivity contribution in [2.45, 2.75) is 45.6 Å². The van der Waals surface area contributed by atoms with Gasteiger partial charge in [0, 0.05) is 18.6 Å². The Morgan fingerprint density at radius 3 is 2.62 bits per heavy atom. The van der Waals surface area contributed by atoms with Gasteiger partial charge in [0.05, 0.1) is 10.5 Å². The van der Waals surface area contributed by atoms with Gasteiger partial charge in [0.2, 0.25) is 5.91 Å². The summed E-state index contributed by atoms with van der Waals surface area (Å²) in [4.78, 5) is 22.7. The van der Waals surface area contributed by atoms with E-state index in [4.69, 9.17) is 0 Å². The molecule has 6 nitrogen and oxygen atoms in total. The van der Waals surface area contributed by atoms with Gasteiger partial charge >= 0.3 is 0 Å². The van der Waals surface area contributed by atoms with E-state index in [9.17, 15) is 14.9 Å². The molecule has 0 bridgehead atoms. The van der Waals surface area contributed by atoms with E-state index in [0.717, 1.165) is 18.7 Å². The van der Waals surface area contributed by atoms with E-state index in [1.807, 2.05) is 13.8 Å². The highest BCUT2D eigenvalue weighted by Crippen LogP contribution is 2.25. The number of rotatable bonds is 6. The van der Waals surface area contributed by atoms with E-state index in [1.54, 1.807) is 12.1 Å². The summed E-state index contributed by atoms with van der Waals surface area (Å²) in [5.74, 6) is 0.911. The van der Waals surface area contributed by atoms with E-state index in [-0.39, 0.29) is 11.6 Å². The maximum Gasteiger partial charge on any atom is 0.269 e. The molecule has 2 atom stereocenters. The molecule has 0 aliphatic carbocycles. The van der Waals surface area contributed by atoms with Crippen LogP contribution in [0.15, 0.2) is 24.3 Å². The van der Waals surface area contributed by atoms with Gasteiger partial charge in [-0.25, -0.2) is 0 Å². The third-order valence-electron chi connectivity index (χ3n) is 4.90. The molecule has 1 fully saturated rings. The van der Waals surface area contributed by atoms with E-state index >= 15 is 0 Å². The first-order valence-corrected chi connectivity index (χ1v) is 8.56. The van der Waals surface area contributed by atoms with Crippen molar-refractivity contribution in [3.8, 4) is 0 Å². The van der Waals surface area contributed by atoms with Crippen LogP contribution >= 0.6 is 0 Å². The van der Waals surface area contributed by atoms with Crippen LogP contribution in [0.4, 0.5) is 5.69 Å². The number of carbonyl (C=O) groups excluding carboxylic acids is 1. The molecule has 1 aromatic carbocycles. The number of piperidine rings is 1. The topological polar surface area (TPSA) is 84.3 Å². The van der Waals surface area contributed by atoms with Gasteiger partial charge in [-0.15, -0.1) is 0 Å². The van der Waals surface area contributed by atoms with Crippen molar-refractivity contribution >= 4 is 11.6 Å². The summed E-state index contributed by atoms with van der Waals surface area (Å²) in [5.41, 5.74) is 0.351. The Morgan fingerprint density at radius 1 is 1.42 bits per heavy atom. The Labute approximate surface area is 143 Å². The standard InChI is InChI=1S/C18H27N3O3/c1-13(14-5-4-10-19-12-14)11-17(22)20-18(2,3)15-6-8-16(9-7-15)21(23)24/h6-9,13-14,19H,4-5,10-12H2,1-3H3,(H,20,22). The fourth-order valence-electron chi connectivity index (χ4n) is 3.30. The largest absolute Gasteiger partial charge is 0.347 e. The second kappa shape index (κ2) is 7.75. The molecule has 132 valence electrons. The van der Waals surface area contributed by atoms with E-state index in [0.29, 0.717) is 18.3 Å². The quantitative estimate of drug-likeness (QED) is 0.619. The summed E-state index contributed by atoms with van der Waals surface area (Å²) < 4.78 is 0. The molecule has 1 aliphatic heterocycles. The first-order chi connectivity index (χ1) is 11.3. The van der Waals surface area contributed by atoms with Gasteiger partial charge in [0.25, 0.3) is 5.69 Å². The number of nitro groups is 1. The minimum Gasteiger partial charge on any atom is -0.347 e. The molecule has 1 aliphatic rings. The number of nitro benzene ring substituents is 1. The second-order valence-corrected chi connectivity index (χ2v) is 7.27. The first kappa shape index (κ1) is 18.4. The lowest BCUT2D eigenvalue weighted by Gasteiger charge is -2.30. The number of benzene rings is 1. The van der Waals surface area contributed by atoms with Gasteiger partial charge in [-0.3, -0.25) is 14.9 Å². The minimum absolute atomic E-state index is 0.0245. The molecule has 24 heavy (non-hydrogen) atoms. The average molecular weight is 333 g/mol.